The lowest BCUT2D eigenvalue weighted by molar-refractivity contribution is -0.871. The van der Waals surface area contributed by atoms with Crippen LogP contribution in [-0.4, -0.2) is 51.2 Å². The van der Waals surface area contributed by atoms with Crippen molar-refractivity contribution >= 4 is 0 Å². The maximum absolute atomic E-state index is 5.86. The Labute approximate surface area is 123 Å². The first kappa shape index (κ1) is 17.6. The predicted molar refractivity (Wildman–Crippen MR) is 66.2 cm³/mol. The molecule has 1 aliphatic rings. The number of rotatable bonds is 6. The molecule has 4 heteroatoms. The van der Waals surface area contributed by atoms with Crippen molar-refractivity contribution in [3.63, 3.8) is 0 Å². The molecule has 0 N–H and O–H groups in total. The molecule has 1 aliphatic heterocycles. The molecular formula is C13H28INO2. The van der Waals surface area contributed by atoms with E-state index in [4.69, 9.17) is 9.47 Å². The van der Waals surface area contributed by atoms with Crippen LogP contribution >= 0.6 is 0 Å². The fraction of sp³-hybridized carbons (Fsp3) is 1.00. The standard InChI is InChI=1S/C13H28NO2.HI/c1-11(2)10-12-6-7-13(16-12)15-9-8-14(3,4)5;/h11-13H,6-10H2,1-5H3;1H/q+1;/p-1. The fourth-order valence-corrected chi connectivity index (χ4v) is 1.95. The summed E-state index contributed by atoms with van der Waals surface area (Å²) >= 11 is 0. The molecule has 0 amide bonds. The summed E-state index contributed by atoms with van der Waals surface area (Å²) in [4.78, 5) is 0. The Bertz CT molecular complexity index is 204. The third-order valence-electron chi connectivity index (χ3n) is 2.87. The summed E-state index contributed by atoms with van der Waals surface area (Å²) in [5.74, 6) is 0.718. The SMILES string of the molecule is CC(C)CC1CCC(OCC[N+](C)(C)C)O1.[I-]. The van der Waals surface area contributed by atoms with Gasteiger partial charge in [0, 0.05) is 6.42 Å². The molecule has 0 aromatic heterocycles. The number of nitrogens with zero attached hydrogens (tertiary/aromatic N) is 1. The number of ether oxygens (including phenoxy) is 2. The third-order valence-corrected chi connectivity index (χ3v) is 2.87. The highest BCUT2D eigenvalue weighted by Crippen LogP contribution is 2.25. The summed E-state index contributed by atoms with van der Waals surface area (Å²) in [5.41, 5.74) is 0. The third kappa shape index (κ3) is 8.35. The maximum Gasteiger partial charge on any atom is 0.158 e. The summed E-state index contributed by atoms with van der Waals surface area (Å²) < 4.78 is 12.6. The van der Waals surface area contributed by atoms with Crippen molar-refractivity contribution in [3.8, 4) is 0 Å². The monoisotopic (exact) mass is 357 g/mol. The van der Waals surface area contributed by atoms with Gasteiger partial charge in [0.25, 0.3) is 0 Å². The average molecular weight is 357 g/mol. The molecule has 1 heterocycles. The van der Waals surface area contributed by atoms with Crippen LogP contribution in [0.5, 0.6) is 0 Å². The molecule has 1 saturated heterocycles. The molecule has 0 aromatic rings. The second-order valence-electron chi connectivity index (χ2n) is 6.28. The zero-order valence-corrected chi connectivity index (χ0v) is 14.1. The van der Waals surface area contributed by atoms with Crippen molar-refractivity contribution in [2.45, 2.75) is 45.5 Å². The smallest absolute Gasteiger partial charge is 0.158 e. The van der Waals surface area contributed by atoms with Crippen molar-refractivity contribution in [2.24, 2.45) is 5.92 Å². The minimum Gasteiger partial charge on any atom is -1.00 e. The molecule has 0 spiro atoms. The molecule has 0 aromatic carbocycles. The van der Waals surface area contributed by atoms with E-state index in [0.29, 0.717) is 6.10 Å². The van der Waals surface area contributed by atoms with Crippen molar-refractivity contribution < 1.29 is 37.9 Å². The summed E-state index contributed by atoms with van der Waals surface area (Å²) in [6, 6.07) is 0. The van der Waals surface area contributed by atoms with Crippen molar-refractivity contribution in [2.75, 3.05) is 34.3 Å². The highest BCUT2D eigenvalue weighted by molar-refractivity contribution is 4.69. The van der Waals surface area contributed by atoms with Gasteiger partial charge in [-0.15, -0.1) is 0 Å². The Morgan fingerprint density at radius 3 is 2.41 bits per heavy atom. The van der Waals surface area contributed by atoms with Gasteiger partial charge in [0.1, 0.15) is 6.54 Å². The van der Waals surface area contributed by atoms with E-state index in [-0.39, 0.29) is 30.3 Å². The number of likely N-dealkylation sites (N-methyl/N-ethyl adjacent to an activating group) is 1. The van der Waals surface area contributed by atoms with Gasteiger partial charge in [0.15, 0.2) is 6.29 Å². The van der Waals surface area contributed by atoms with E-state index >= 15 is 0 Å². The summed E-state index contributed by atoms with van der Waals surface area (Å²) in [6.45, 7) is 6.32. The van der Waals surface area contributed by atoms with Crippen LogP contribution in [0.1, 0.15) is 33.1 Å². The van der Waals surface area contributed by atoms with Crippen LogP contribution in [0.15, 0.2) is 0 Å². The Morgan fingerprint density at radius 1 is 1.24 bits per heavy atom. The zero-order chi connectivity index (χ0) is 12.2. The number of hydrogen-bond acceptors (Lipinski definition) is 2. The molecule has 3 nitrogen and oxygen atoms in total. The second-order valence-corrected chi connectivity index (χ2v) is 6.28. The van der Waals surface area contributed by atoms with E-state index in [1.54, 1.807) is 0 Å². The normalized spacial score (nSPS) is 25.1. The van der Waals surface area contributed by atoms with E-state index in [2.05, 4.69) is 35.0 Å². The van der Waals surface area contributed by atoms with Crippen LogP contribution in [0, 0.1) is 5.92 Å². The molecule has 0 saturated carbocycles. The molecule has 2 unspecified atom stereocenters. The molecular weight excluding hydrogens is 329 g/mol. The van der Waals surface area contributed by atoms with Gasteiger partial charge in [-0.2, -0.15) is 0 Å². The maximum atomic E-state index is 5.86. The molecule has 1 rings (SSSR count). The summed E-state index contributed by atoms with van der Waals surface area (Å²) in [7, 11) is 6.54. The van der Waals surface area contributed by atoms with Crippen LogP contribution in [0.2, 0.25) is 0 Å². The van der Waals surface area contributed by atoms with E-state index in [0.717, 1.165) is 42.8 Å². The average Bonchev–Trinajstić information content (AvgIpc) is 2.49. The molecule has 17 heavy (non-hydrogen) atoms. The van der Waals surface area contributed by atoms with E-state index < -0.39 is 0 Å². The minimum atomic E-state index is 0. The Balaban J connectivity index is 0.00000256. The van der Waals surface area contributed by atoms with Gasteiger partial charge in [-0.1, -0.05) is 13.8 Å². The van der Waals surface area contributed by atoms with Gasteiger partial charge in [0.2, 0.25) is 0 Å². The van der Waals surface area contributed by atoms with Crippen LogP contribution < -0.4 is 24.0 Å². The van der Waals surface area contributed by atoms with Crippen LogP contribution in [0.25, 0.3) is 0 Å². The molecule has 0 radical (unpaired) electrons. The lowest BCUT2D eigenvalue weighted by Gasteiger charge is -2.24. The highest BCUT2D eigenvalue weighted by Gasteiger charge is 2.26. The lowest BCUT2D eigenvalue weighted by atomic mass is 10.0. The molecule has 2 atom stereocenters. The van der Waals surface area contributed by atoms with E-state index in [1.807, 2.05) is 0 Å². The highest BCUT2D eigenvalue weighted by atomic mass is 127. The topological polar surface area (TPSA) is 18.5 Å². The van der Waals surface area contributed by atoms with E-state index in [9.17, 15) is 0 Å². The van der Waals surface area contributed by atoms with Gasteiger partial charge >= 0.3 is 0 Å². The Morgan fingerprint density at radius 2 is 1.88 bits per heavy atom. The number of halogens is 1. The Hall–Kier alpha value is 0.610. The fourth-order valence-electron chi connectivity index (χ4n) is 1.95. The Kier molecular flexibility index (Phi) is 8.20. The van der Waals surface area contributed by atoms with Crippen molar-refractivity contribution in [1.82, 2.24) is 0 Å². The predicted octanol–water partition coefficient (Wildman–Crippen LogP) is -0.736. The van der Waals surface area contributed by atoms with Crippen LogP contribution in [0.4, 0.5) is 0 Å². The quantitative estimate of drug-likeness (QED) is 0.461. The van der Waals surface area contributed by atoms with Crippen molar-refractivity contribution in [1.29, 1.82) is 0 Å². The first-order valence-corrected chi connectivity index (χ1v) is 6.44. The van der Waals surface area contributed by atoms with Crippen LogP contribution in [-0.2, 0) is 9.47 Å². The molecule has 104 valence electrons. The van der Waals surface area contributed by atoms with Gasteiger partial charge in [-0.25, -0.2) is 0 Å². The number of hydrogen-bond donors (Lipinski definition) is 0. The van der Waals surface area contributed by atoms with Gasteiger partial charge in [-0.3, -0.25) is 0 Å². The summed E-state index contributed by atoms with van der Waals surface area (Å²) in [5, 5.41) is 0. The largest absolute Gasteiger partial charge is 1.00 e. The van der Waals surface area contributed by atoms with Crippen LogP contribution in [0.3, 0.4) is 0 Å². The molecule has 0 aliphatic carbocycles. The first-order chi connectivity index (χ1) is 7.37. The zero-order valence-electron chi connectivity index (χ0n) is 11.9. The van der Waals surface area contributed by atoms with Gasteiger partial charge in [-0.05, 0) is 18.8 Å². The molecule has 0 bridgehead atoms. The van der Waals surface area contributed by atoms with Crippen molar-refractivity contribution in [3.05, 3.63) is 0 Å². The summed E-state index contributed by atoms with van der Waals surface area (Å²) in [6.07, 6.45) is 3.86. The van der Waals surface area contributed by atoms with Gasteiger partial charge in [0.05, 0.1) is 33.9 Å². The minimum absolute atomic E-state index is 0. The molecule has 1 fully saturated rings. The van der Waals surface area contributed by atoms with E-state index in [1.165, 1.54) is 0 Å². The second kappa shape index (κ2) is 7.92. The first-order valence-electron chi connectivity index (χ1n) is 6.44. The van der Waals surface area contributed by atoms with Gasteiger partial charge < -0.3 is 37.9 Å². The number of quaternary nitrogens is 1. The lowest BCUT2D eigenvalue weighted by Crippen LogP contribution is -3.00.